The summed E-state index contributed by atoms with van der Waals surface area (Å²) in [6.07, 6.45) is -4.43. The molecule has 0 aliphatic heterocycles. The predicted molar refractivity (Wildman–Crippen MR) is 50.4 cm³/mol. The molecule has 0 aromatic carbocycles. The fourth-order valence-corrected chi connectivity index (χ4v) is 0.687. The minimum absolute atomic E-state index is 0.672. The zero-order chi connectivity index (χ0) is 13.0. The summed E-state index contributed by atoms with van der Waals surface area (Å²) >= 11 is 0. The van der Waals surface area contributed by atoms with Gasteiger partial charge in [-0.3, -0.25) is 9.63 Å². The van der Waals surface area contributed by atoms with E-state index in [9.17, 15) is 18.0 Å². The molecule has 0 aromatic heterocycles. The normalized spacial score (nSPS) is 14.7. The molecule has 0 saturated carbocycles. The van der Waals surface area contributed by atoms with Gasteiger partial charge in [-0.05, 0) is 27.7 Å². The number of rotatable bonds is 4. The highest BCUT2D eigenvalue weighted by atomic mass is 19.4. The van der Waals surface area contributed by atoms with Crippen molar-refractivity contribution in [3.8, 4) is 0 Å². The lowest BCUT2D eigenvalue weighted by atomic mass is 10.2. The largest absolute Gasteiger partial charge is 0.459 e. The molecule has 0 saturated heterocycles. The van der Waals surface area contributed by atoms with Gasteiger partial charge in [-0.25, -0.2) is 0 Å². The van der Waals surface area contributed by atoms with E-state index in [4.69, 9.17) is 4.74 Å². The number of halogens is 3. The average molecular weight is 243 g/mol. The van der Waals surface area contributed by atoms with E-state index in [-0.39, 0.29) is 0 Å². The van der Waals surface area contributed by atoms with E-state index in [0.29, 0.717) is 0 Å². The van der Waals surface area contributed by atoms with Gasteiger partial charge in [0, 0.05) is 0 Å². The number of hydroxylamine groups is 1. The second-order valence-corrected chi connectivity index (χ2v) is 4.28. The highest BCUT2D eigenvalue weighted by Crippen LogP contribution is 2.14. The molecule has 1 N–H and O–H groups in total. The number of ether oxygens (including phenoxy) is 1. The lowest BCUT2D eigenvalue weighted by Crippen LogP contribution is -2.40. The highest BCUT2D eigenvalue weighted by molar-refractivity contribution is 5.75. The number of alkyl halides is 3. The van der Waals surface area contributed by atoms with E-state index in [0.717, 1.165) is 0 Å². The van der Waals surface area contributed by atoms with Gasteiger partial charge in [-0.2, -0.15) is 18.7 Å². The number of hydrogen-bond acceptors (Lipinski definition) is 4. The van der Waals surface area contributed by atoms with E-state index in [1.54, 1.807) is 20.8 Å². The lowest BCUT2D eigenvalue weighted by molar-refractivity contribution is -0.197. The van der Waals surface area contributed by atoms with Gasteiger partial charge in [0.2, 0.25) is 0 Å². The molecule has 0 aliphatic carbocycles. The maximum Gasteiger partial charge on any atom is 0.413 e. The molecule has 0 amide bonds. The van der Waals surface area contributed by atoms with Crippen LogP contribution < -0.4 is 5.48 Å². The molecule has 0 fully saturated rings. The van der Waals surface area contributed by atoms with Gasteiger partial charge in [0.25, 0.3) is 0 Å². The van der Waals surface area contributed by atoms with Crippen molar-refractivity contribution in [2.45, 2.75) is 45.5 Å². The summed E-state index contributed by atoms with van der Waals surface area (Å²) in [5, 5.41) is 0. The monoisotopic (exact) mass is 243 g/mol. The maximum atomic E-state index is 11.7. The van der Waals surface area contributed by atoms with Crippen molar-refractivity contribution in [1.82, 2.24) is 5.48 Å². The second kappa shape index (κ2) is 5.49. The third-order valence-corrected chi connectivity index (χ3v) is 1.26. The zero-order valence-corrected chi connectivity index (χ0v) is 9.64. The van der Waals surface area contributed by atoms with Crippen LogP contribution in [0.5, 0.6) is 0 Å². The van der Waals surface area contributed by atoms with Crippen molar-refractivity contribution >= 4 is 5.97 Å². The summed E-state index contributed by atoms with van der Waals surface area (Å²) in [5.74, 6) is -0.672. The molecule has 0 aromatic rings. The smallest absolute Gasteiger partial charge is 0.413 e. The molecular weight excluding hydrogens is 227 g/mol. The SMILES string of the molecule is CC(NOCC(F)(F)F)C(=O)OC(C)(C)C. The molecule has 7 heteroatoms. The van der Waals surface area contributed by atoms with Gasteiger partial charge >= 0.3 is 12.1 Å². The van der Waals surface area contributed by atoms with Crippen LogP contribution in [-0.4, -0.2) is 30.4 Å². The third kappa shape index (κ3) is 8.49. The Kier molecular flexibility index (Phi) is 5.21. The van der Waals surface area contributed by atoms with Crippen LogP contribution in [0.25, 0.3) is 0 Å². The summed E-state index contributed by atoms with van der Waals surface area (Å²) in [4.78, 5) is 15.4. The number of esters is 1. The topological polar surface area (TPSA) is 47.6 Å². The van der Waals surface area contributed by atoms with Crippen molar-refractivity contribution in [1.29, 1.82) is 0 Å². The van der Waals surface area contributed by atoms with Crippen LogP contribution in [-0.2, 0) is 14.4 Å². The van der Waals surface area contributed by atoms with E-state index < -0.39 is 30.4 Å². The Morgan fingerprint density at radius 1 is 1.31 bits per heavy atom. The Labute approximate surface area is 92.0 Å². The van der Waals surface area contributed by atoms with Crippen LogP contribution in [0, 0.1) is 0 Å². The standard InChI is InChI=1S/C9H16F3NO3/c1-6(7(14)16-8(2,3)4)13-15-5-9(10,11)12/h6,13H,5H2,1-4H3. The highest BCUT2D eigenvalue weighted by Gasteiger charge is 2.29. The number of carbonyl (C=O) groups is 1. The van der Waals surface area contributed by atoms with Gasteiger partial charge in [-0.15, -0.1) is 0 Å². The van der Waals surface area contributed by atoms with E-state index in [1.807, 2.05) is 5.48 Å². The first-order valence-electron chi connectivity index (χ1n) is 4.68. The quantitative estimate of drug-likeness (QED) is 0.604. The molecule has 0 aliphatic rings. The first kappa shape index (κ1) is 15.2. The van der Waals surface area contributed by atoms with Crippen molar-refractivity contribution in [2.75, 3.05) is 6.61 Å². The molecule has 1 unspecified atom stereocenters. The molecule has 0 bridgehead atoms. The van der Waals surface area contributed by atoms with Crippen LogP contribution in [0.3, 0.4) is 0 Å². The van der Waals surface area contributed by atoms with Crippen LogP contribution in [0.1, 0.15) is 27.7 Å². The van der Waals surface area contributed by atoms with Gasteiger partial charge in [0.1, 0.15) is 11.6 Å². The number of nitrogens with one attached hydrogen (secondary N) is 1. The summed E-state index contributed by atoms with van der Waals surface area (Å²) in [6, 6.07) is -0.957. The molecule has 4 nitrogen and oxygen atoms in total. The molecule has 0 rings (SSSR count). The Hall–Kier alpha value is -0.820. The number of carbonyl (C=O) groups excluding carboxylic acids is 1. The lowest BCUT2D eigenvalue weighted by Gasteiger charge is -2.22. The predicted octanol–water partition coefficient (Wildman–Crippen LogP) is 1.80. The molecular formula is C9H16F3NO3. The molecule has 0 heterocycles. The van der Waals surface area contributed by atoms with E-state index in [2.05, 4.69) is 4.84 Å². The van der Waals surface area contributed by atoms with Gasteiger partial charge in [-0.1, -0.05) is 0 Å². The summed E-state index contributed by atoms with van der Waals surface area (Å²) in [6.45, 7) is 4.88. The first-order chi connectivity index (χ1) is 7.01. The van der Waals surface area contributed by atoms with Crippen LogP contribution in [0.2, 0.25) is 0 Å². The van der Waals surface area contributed by atoms with Crippen molar-refractivity contribution < 1.29 is 27.5 Å². The first-order valence-corrected chi connectivity index (χ1v) is 4.68. The Morgan fingerprint density at radius 3 is 2.19 bits per heavy atom. The minimum Gasteiger partial charge on any atom is -0.459 e. The number of hydrogen-bond donors (Lipinski definition) is 1. The fourth-order valence-electron chi connectivity index (χ4n) is 0.687. The zero-order valence-electron chi connectivity index (χ0n) is 9.64. The van der Waals surface area contributed by atoms with E-state index >= 15 is 0 Å². The molecule has 1 atom stereocenters. The minimum atomic E-state index is -4.43. The average Bonchev–Trinajstić information content (AvgIpc) is 1.98. The van der Waals surface area contributed by atoms with Crippen LogP contribution >= 0.6 is 0 Å². The Bertz CT molecular complexity index is 235. The van der Waals surface area contributed by atoms with Crippen molar-refractivity contribution in [2.24, 2.45) is 0 Å². The fraction of sp³-hybridized carbons (Fsp3) is 0.889. The summed E-state index contributed by atoms with van der Waals surface area (Å²) in [7, 11) is 0. The molecule has 0 radical (unpaired) electrons. The van der Waals surface area contributed by atoms with E-state index in [1.165, 1.54) is 6.92 Å². The van der Waals surface area contributed by atoms with Crippen LogP contribution in [0.15, 0.2) is 0 Å². The van der Waals surface area contributed by atoms with Crippen molar-refractivity contribution in [3.63, 3.8) is 0 Å². The molecule has 16 heavy (non-hydrogen) atoms. The van der Waals surface area contributed by atoms with Crippen LogP contribution in [0.4, 0.5) is 13.2 Å². The molecule has 96 valence electrons. The Balaban J connectivity index is 3.89. The Morgan fingerprint density at radius 2 is 1.81 bits per heavy atom. The third-order valence-electron chi connectivity index (χ3n) is 1.26. The molecule has 0 spiro atoms. The summed E-state index contributed by atoms with van der Waals surface area (Å²) < 4.78 is 40.0. The van der Waals surface area contributed by atoms with Gasteiger partial charge in [0.05, 0.1) is 0 Å². The summed E-state index contributed by atoms with van der Waals surface area (Å²) in [5.41, 5.74) is 1.28. The maximum absolute atomic E-state index is 11.7. The van der Waals surface area contributed by atoms with Gasteiger partial charge in [0.15, 0.2) is 6.61 Å². The van der Waals surface area contributed by atoms with Gasteiger partial charge < -0.3 is 4.74 Å². The second-order valence-electron chi connectivity index (χ2n) is 4.28. The van der Waals surface area contributed by atoms with Crippen molar-refractivity contribution in [3.05, 3.63) is 0 Å².